The Bertz CT molecular complexity index is 862. The number of rotatable bonds is 2. The summed E-state index contributed by atoms with van der Waals surface area (Å²) in [6.45, 7) is 3.61. The summed E-state index contributed by atoms with van der Waals surface area (Å²) < 4.78 is 1.62. The number of benzene rings is 1. The Morgan fingerprint density at radius 2 is 2.05 bits per heavy atom. The van der Waals surface area contributed by atoms with E-state index in [0.29, 0.717) is 10.0 Å². The molecule has 0 aliphatic carbocycles. The lowest BCUT2D eigenvalue weighted by Gasteiger charge is -2.12. The van der Waals surface area contributed by atoms with Gasteiger partial charge in [-0.3, -0.25) is 9.78 Å². The summed E-state index contributed by atoms with van der Waals surface area (Å²) in [5.41, 5.74) is -0.437. The first-order chi connectivity index (χ1) is 9.86. The van der Waals surface area contributed by atoms with Crippen molar-refractivity contribution in [1.82, 2.24) is 9.55 Å². The van der Waals surface area contributed by atoms with Crippen molar-refractivity contribution in [3.63, 3.8) is 0 Å². The highest BCUT2D eigenvalue weighted by Gasteiger charge is 2.18. The van der Waals surface area contributed by atoms with E-state index in [-0.39, 0.29) is 22.3 Å². The quantitative estimate of drug-likeness (QED) is 0.828. The SMILES string of the molecule is CC(C)c1c(Cl)[nH]c(=O)n(-c2ccc(Br)cc2C#N)c1=O. The monoisotopic (exact) mass is 367 g/mol. The van der Waals surface area contributed by atoms with E-state index in [0.717, 1.165) is 4.57 Å². The van der Waals surface area contributed by atoms with Gasteiger partial charge < -0.3 is 0 Å². The molecular formula is C14H11BrClN3O2. The summed E-state index contributed by atoms with van der Waals surface area (Å²) in [6.07, 6.45) is 0. The lowest BCUT2D eigenvalue weighted by Crippen LogP contribution is -2.37. The summed E-state index contributed by atoms with van der Waals surface area (Å²) in [6, 6.07) is 6.72. The van der Waals surface area contributed by atoms with Crippen LogP contribution >= 0.6 is 27.5 Å². The highest BCUT2D eigenvalue weighted by Crippen LogP contribution is 2.20. The largest absolute Gasteiger partial charge is 0.334 e. The first-order valence-corrected chi connectivity index (χ1v) is 7.28. The summed E-state index contributed by atoms with van der Waals surface area (Å²) in [5.74, 6) is -0.158. The maximum Gasteiger partial charge on any atom is 0.334 e. The van der Waals surface area contributed by atoms with Gasteiger partial charge in [0.1, 0.15) is 11.2 Å². The Morgan fingerprint density at radius 3 is 2.62 bits per heavy atom. The van der Waals surface area contributed by atoms with Crippen molar-refractivity contribution in [3.05, 3.63) is 59.8 Å². The van der Waals surface area contributed by atoms with Gasteiger partial charge in [-0.1, -0.05) is 41.4 Å². The Morgan fingerprint density at radius 1 is 1.38 bits per heavy atom. The van der Waals surface area contributed by atoms with Crippen LogP contribution in [0.3, 0.4) is 0 Å². The number of nitriles is 1. The average molecular weight is 369 g/mol. The van der Waals surface area contributed by atoms with Crippen LogP contribution in [0.2, 0.25) is 5.15 Å². The first kappa shape index (κ1) is 15.5. The zero-order valence-corrected chi connectivity index (χ0v) is 13.6. The van der Waals surface area contributed by atoms with Gasteiger partial charge in [-0.2, -0.15) is 5.26 Å². The summed E-state index contributed by atoms with van der Waals surface area (Å²) in [4.78, 5) is 27.1. The Hall–Kier alpha value is -1.84. The zero-order chi connectivity index (χ0) is 15.7. The summed E-state index contributed by atoms with van der Waals surface area (Å²) in [7, 11) is 0. The molecule has 1 aromatic heterocycles. The van der Waals surface area contributed by atoms with Crippen LogP contribution in [-0.2, 0) is 0 Å². The summed E-state index contributed by atoms with van der Waals surface area (Å²) >= 11 is 9.20. The number of hydrogen-bond acceptors (Lipinski definition) is 3. The Balaban J connectivity index is 2.90. The van der Waals surface area contributed by atoms with Crippen molar-refractivity contribution in [2.75, 3.05) is 0 Å². The highest BCUT2D eigenvalue weighted by atomic mass is 79.9. The fraction of sp³-hybridized carbons (Fsp3) is 0.214. The molecule has 0 unspecified atom stereocenters. The van der Waals surface area contributed by atoms with E-state index in [2.05, 4.69) is 20.9 Å². The van der Waals surface area contributed by atoms with E-state index >= 15 is 0 Å². The predicted molar refractivity (Wildman–Crippen MR) is 84.2 cm³/mol. The molecule has 0 saturated heterocycles. The van der Waals surface area contributed by atoms with E-state index in [1.165, 1.54) is 6.07 Å². The lowest BCUT2D eigenvalue weighted by atomic mass is 10.1. The fourth-order valence-corrected chi connectivity index (χ4v) is 2.78. The third-order valence-corrected chi connectivity index (χ3v) is 3.78. The molecule has 0 amide bonds. The van der Waals surface area contributed by atoms with Gasteiger partial charge in [0.2, 0.25) is 0 Å². The van der Waals surface area contributed by atoms with E-state index in [1.54, 1.807) is 26.0 Å². The molecule has 0 radical (unpaired) electrons. The average Bonchev–Trinajstić information content (AvgIpc) is 2.39. The van der Waals surface area contributed by atoms with Crippen LogP contribution < -0.4 is 11.2 Å². The molecule has 0 aliphatic rings. The maximum absolute atomic E-state index is 12.5. The lowest BCUT2D eigenvalue weighted by molar-refractivity contribution is 0.776. The third kappa shape index (κ3) is 2.80. The highest BCUT2D eigenvalue weighted by molar-refractivity contribution is 9.10. The normalized spacial score (nSPS) is 10.7. The van der Waals surface area contributed by atoms with Crippen molar-refractivity contribution >= 4 is 27.5 Å². The molecule has 0 aliphatic heterocycles. The van der Waals surface area contributed by atoms with Crippen LogP contribution in [0.25, 0.3) is 5.69 Å². The van der Waals surface area contributed by atoms with Crippen molar-refractivity contribution in [2.24, 2.45) is 0 Å². The molecule has 0 bridgehead atoms. The minimum absolute atomic E-state index is 0.0341. The Labute approximate surface area is 133 Å². The zero-order valence-electron chi connectivity index (χ0n) is 11.3. The molecule has 0 saturated carbocycles. The number of aromatic nitrogens is 2. The number of halogens is 2. The minimum Gasteiger partial charge on any atom is -0.297 e. The van der Waals surface area contributed by atoms with Crippen LogP contribution in [-0.4, -0.2) is 9.55 Å². The molecule has 0 fully saturated rings. The van der Waals surface area contributed by atoms with Gasteiger partial charge in [0.25, 0.3) is 5.56 Å². The predicted octanol–water partition coefficient (Wildman–Crippen LogP) is 2.94. The van der Waals surface area contributed by atoms with E-state index in [9.17, 15) is 14.9 Å². The van der Waals surface area contributed by atoms with Crippen LogP contribution in [0.15, 0.2) is 32.3 Å². The smallest absolute Gasteiger partial charge is 0.297 e. The molecular weight excluding hydrogens is 358 g/mol. The molecule has 108 valence electrons. The van der Waals surface area contributed by atoms with Gasteiger partial charge in [-0.05, 0) is 24.1 Å². The third-order valence-electron chi connectivity index (χ3n) is 2.99. The van der Waals surface area contributed by atoms with Crippen molar-refractivity contribution in [1.29, 1.82) is 5.26 Å². The van der Waals surface area contributed by atoms with Crippen molar-refractivity contribution in [2.45, 2.75) is 19.8 Å². The number of nitrogens with zero attached hydrogens (tertiary/aromatic N) is 2. The molecule has 21 heavy (non-hydrogen) atoms. The first-order valence-electron chi connectivity index (χ1n) is 6.11. The van der Waals surface area contributed by atoms with Gasteiger partial charge in [0.15, 0.2) is 0 Å². The van der Waals surface area contributed by atoms with Gasteiger partial charge in [-0.15, -0.1) is 0 Å². The second-order valence-electron chi connectivity index (χ2n) is 4.73. The Kier molecular flexibility index (Phi) is 4.35. The van der Waals surface area contributed by atoms with E-state index in [4.69, 9.17) is 11.6 Å². The number of aromatic amines is 1. The molecule has 7 heteroatoms. The van der Waals surface area contributed by atoms with Crippen molar-refractivity contribution in [3.8, 4) is 11.8 Å². The second kappa shape index (κ2) is 5.88. The maximum atomic E-state index is 12.5. The molecule has 2 aromatic rings. The molecule has 1 N–H and O–H groups in total. The van der Waals surface area contributed by atoms with Crippen LogP contribution in [0.1, 0.15) is 30.9 Å². The van der Waals surface area contributed by atoms with Crippen LogP contribution in [0.4, 0.5) is 0 Å². The molecule has 0 spiro atoms. The van der Waals surface area contributed by atoms with Gasteiger partial charge in [0.05, 0.1) is 16.8 Å². The van der Waals surface area contributed by atoms with E-state index in [1.807, 2.05) is 6.07 Å². The summed E-state index contributed by atoms with van der Waals surface area (Å²) in [5, 5.41) is 9.23. The molecule has 5 nitrogen and oxygen atoms in total. The minimum atomic E-state index is -0.673. The van der Waals surface area contributed by atoms with Gasteiger partial charge in [0, 0.05) is 4.47 Å². The molecule has 1 heterocycles. The molecule has 0 atom stereocenters. The number of H-pyrrole nitrogens is 1. The van der Waals surface area contributed by atoms with Gasteiger partial charge in [-0.25, -0.2) is 9.36 Å². The van der Waals surface area contributed by atoms with E-state index < -0.39 is 11.2 Å². The van der Waals surface area contributed by atoms with Crippen LogP contribution in [0, 0.1) is 11.3 Å². The fourth-order valence-electron chi connectivity index (χ4n) is 2.04. The van der Waals surface area contributed by atoms with Gasteiger partial charge >= 0.3 is 5.69 Å². The number of hydrogen-bond donors (Lipinski definition) is 1. The molecule has 2 rings (SSSR count). The van der Waals surface area contributed by atoms with Crippen molar-refractivity contribution < 1.29 is 0 Å². The topological polar surface area (TPSA) is 78.7 Å². The van der Waals surface area contributed by atoms with Crippen LogP contribution in [0.5, 0.6) is 0 Å². The second-order valence-corrected chi connectivity index (χ2v) is 6.02. The molecule has 1 aromatic carbocycles. The number of nitrogens with one attached hydrogen (secondary N) is 1. The standard InChI is InChI=1S/C14H11BrClN3O2/c1-7(2)11-12(16)18-14(21)19(13(11)20)10-4-3-9(15)5-8(10)6-17/h3-5,7H,1-2H3,(H,18,21).